The van der Waals surface area contributed by atoms with Crippen molar-refractivity contribution in [1.29, 1.82) is 0 Å². The van der Waals surface area contributed by atoms with Gasteiger partial charge in [-0.05, 0) is 66.1 Å². The molecule has 0 spiro atoms. The number of carbonyl (C=O) groups excluding carboxylic acids is 3. The van der Waals surface area contributed by atoms with Crippen molar-refractivity contribution in [2.45, 2.75) is 19.8 Å². The van der Waals surface area contributed by atoms with Gasteiger partial charge in [0.25, 0.3) is 11.8 Å². The topological polar surface area (TPSA) is 75.7 Å². The van der Waals surface area contributed by atoms with Crippen molar-refractivity contribution >= 4 is 52.4 Å². The van der Waals surface area contributed by atoms with Crippen LogP contribution in [0.5, 0.6) is 5.75 Å². The molecule has 6 nitrogen and oxygen atoms in total. The van der Waals surface area contributed by atoms with E-state index in [1.807, 2.05) is 32.0 Å². The van der Waals surface area contributed by atoms with Crippen LogP contribution in [0.4, 0.5) is 15.8 Å². The highest BCUT2D eigenvalue weighted by molar-refractivity contribution is 6.53. The van der Waals surface area contributed by atoms with Crippen LogP contribution in [0.15, 0.2) is 77.5 Å². The van der Waals surface area contributed by atoms with Crippen LogP contribution in [0.3, 0.4) is 0 Å². The van der Waals surface area contributed by atoms with Crippen LogP contribution in [0.25, 0.3) is 0 Å². The minimum atomic E-state index is -0.773. The number of carbonyl (C=O) groups is 3. The molecule has 0 saturated heterocycles. The Labute approximate surface area is 210 Å². The fourth-order valence-electron chi connectivity index (χ4n) is 3.41. The molecule has 0 aliphatic carbocycles. The zero-order valence-corrected chi connectivity index (χ0v) is 20.2. The second-order valence-corrected chi connectivity index (χ2v) is 8.84. The van der Waals surface area contributed by atoms with E-state index in [9.17, 15) is 18.8 Å². The van der Waals surface area contributed by atoms with Crippen LogP contribution in [0, 0.1) is 5.82 Å². The van der Waals surface area contributed by atoms with Crippen molar-refractivity contribution in [3.8, 4) is 5.75 Å². The van der Waals surface area contributed by atoms with Gasteiger partial charge in [-0.25, -0.2) is 14.1 Å². The second kappa shape index (κ2) is 9.90. The summed E-state index contributed by atoms with van der Waals surface area (Å²) in [6.45, 7) is 4.09. The molecule has 3 aromatic rings. The average Bonchev–Trinajstić information content (AvgIpc) is 3.04. The van der Waals surface area contributed by atoms with Gasteiger partial charge in [0.1, 0.15) is 22.3 Å². The Hall–Kier alpha value is -3.68. The number of hydrogen-bond donors (Lipinski definition) is 1. The highest BCUT2D eigenvalue weighted by Gasteiger charge is 2.39. The van der Waals surface area contributed by atoms with E-state index in [0.717, 1.165) is 22.6 Å². The number of esters is 1. The van der Waals surface area contributed by atoms with E-state index in [1.54, 1.807) is 18.2 Å². The molecule has 3 aromatic carbocycles. The molecule has 0 radical (unpaired) electrons. The van der Waals surface area contributed by atoms with Gasteiger partial charge in [-0.15, -0.1) is 0 Å². The van der Waals surface area contributed by atoms with Gasteiger partial charge in [0, 0.05) is 5.69 Å². The SMILES string of the molecule is CC(C)c1cccc(OC(=O)c2ccc(NC3=C(Cl)C(=O)N(c4ccc(F)c(Cl)c4)C3=O)cc2)c1. The summed E-state index contributed by atoms with van der Waals surface area (Å²) in [7, 11) is 0. The van der Waals surface area contributed by atoms with Crippen LogP contribution >= 0.6 is 23.2 Å². The highest BCUT2D eigenvalue weighted by Crippen LogP contribution is 2.32. The number of halogens is 3. The van der Waals surface area contributed by atoms with E-state index < -0.39 is 23.6 Å². The average molecular weight is 513 g/mol. The minimum absolute atomic E-state index is 0.0842. The predicted molar refractivity (Wildman–Crippen MR) is 132 cm³/mol. The van der Waals surface area contributed by atoms with Crippen molar-refractivity contribution in [3.05, 3.63) is 99.4 Å². The number of ether oxygens (including phenoxy) is 1. The van der Waals surface area contributed by atoms with E-state index in [1.165, 1.54) is 18.2 Å². The van der Waals surface area contributed by atoms with Crippen molar-refractivity contribution < 1.29 is 23.5 Å². The lowest BCUT2D eigenvalue weighted by atomic mass is 10.0. The first-order chi connectivity index (χ1) is 16.7. The Morgan fingerprint density at radius 1 is 0.971 bits per heavy atom. The Morgan fingerprint density at radius 2 is 1.69 bits per heavy atom. The number of amides is 2. The molecular weight excluding hydrogens is 494 g/mol. The molecule has 0 aromatic heterocycles. The van der Waals surface area contributed by atoms with Crippen LogP contribution in [-0.2, 0) is 9.59 Å². The van der Waals surface area contributed by atoms with Gasteiger partial charge < -0.3 is 10.1 Å². The zero-order valence-electron chi connectivity index (χ0n) is 18.6. The quantitative estimate of drug-likeness (QED) is 0.239. The molecule has 9 heteroatoms. The van der Waals surface area contributed by atoms with Crippen LogP contribution in [-0.4, -0.2) is 17.8 Å². The molecule has 1 aliphatic heterocycles. The van der Waals surface area contributed by atoms with Crippen LogP contribution in [0.1, 0.15) is 35.7 Å². The third-order valence-corrected chi connectivity index (χ3v) is 5.95. The molecule has 0 fully saturated rings. The summed E-state index contributed by atoms with van der Waals surface area (Å²) in [6.07, 6.45) is 0. The number of rotatable bonds is 6. The molecule has 0 unspecified atom stereocenters. The van der Waals surface area contributed by atoms with E-state index in [2.05, 4.69) is 5.32 Å². The van der Waals surface area contributed by atoms with E-state index >= 15 is 0 Å². The van der Waals surface area contributed by atoms with Gasteiger partial charge in [-0.3, -0.25) is 9.59 Å². The molecule has 1 heterocycles. The molecule has 2 amide bonds. The summed E-state index contributed by atoms with van der Waals surface area (Å²) in [5.74, 6) is -1.99. The third-order valence-electron chi connectivity index (χ3n) is 5.31. The van der Waals surface area contributed by atoms with Crippen molar-refractivity contribution in [2.75, 3.05) is 10.2 Å². The lowest BCUT2D eigenvalue weighted by Crippen LogP contribution is -2.32. The molecular formula is C26H19Cl2FN2O4. The third kappa shape index (κ3) is 5.06. The Balaban J connectivity index is 1.47. The summed E-state index contributed by atoms with van der Waals surface area (Å²) in [5.41, 5.74) is 1.69. The van der Waals surface area contributed by atoms with Gasteiger partial charge in [0.15, 0.2) is 0 Å². The van der Waals surface area contributed by atoms with Crippen molar-refractivity contribution in [2.24, 2.45) is 0 Å². The van der Waals surface area contributed by atoms with Crippen LogP contribution in [0.2, 0.25) is 5.02 Å². The predicted octanol–water partition coefficient (Wildman–Crippen LogP) is 6.26. The summed E-state index contributed by atoms with van der Waals surface area (Å²) >= 11 is 11.9. The Morgan fingerprint density at radius 3 is 2.34 bits per heavy atom. The maximum absolute atomic E-state index is 13.5. The summed E-state index contributed by atoms with van der Waals surface area (Å²) < 4.78 is 18.9. The lowest BCUT2D eigenvalue weighted by Gasteiger charge is -2.15. The molecule has 0 bridgehead atoms. The first kappa shape index (κ1) is 24.4. The smallest absolute Gasteiger partial charge is 0.343 e. The summed E-state index contributed by atoms with van der Waals surface area (Å²) in [5, 5.41) is 2.24. The maximum atomic E-state index is 13.5. The number of hydrogen-bond acceptors (Lipinski definition) is 5. The summed E-state index contributed by atoms with van der Waals surface area (Å²) in [6, 6.07) is 16.9. The van der Waals surface area contributed by atoms with E-state index in [0.29, 0.717) is 22.9 Å². The molecule has 178 valence electrons. The molecule has 1 N–H and O–H groups in total. The van der Waals surface area contributed by atoms with Gasteiger partial charge >= 0.3 is 5.97 Å². The minimum Gasteiger partial charge on any atom is -0.423 e. The molecule has 0 atom stereocenters. The normalized spacial score (nSPS) is 13.6. The monoisotopic (exact) mass is 512 g/mol. The van der Waals surface area contributed by atoms with Gasteiger partial charge in [-0.2, -0.15) is 0 Å². The fraction of sp³-hybridized carbons (Fsp3) is 0.115. The molecule has 1 aliphatic rings. The summed E-state index contributed by atoms with van der Waals surface area (Å²) in [4.78, 5) is 38.8. The molecule has 4 rings (SSSR count). The van der Waals surface area contributed by atoms with Gasteiger partial charge in [-0.1, -0.05) is 49.2 Å². The first-order valence-corrected chi connectivity index (χ1v) is 11.3. The van der Waals surface area contributed by atoms with Crippen molar-refractivity contribution in [1.82, 2.24) is 0 Å². The Kier molecular flexibility index (Phi) is 6.91. The van der Waals surface area contributed by atoms with E-state index in [-0.39, 0.29) is 21.4 Å². The number of nitrogens with one attached hydrogen (secondary N) is 1. The number of nitrogens with zero attached hydrogens (tertiary/aromatic N) is 1. The van der Waals surface area contributed by atoms with Gasteiger partial charge in [0.2, 0.25) is 0 Å². The van der Waals surface area contributed by atoms with E-state index in [4.69, 9.17) is 27.9 Å². The molecule has 35 heavy (non-hydrogen) atoms. The first-order valence-electron chi connectivity index (χ1n) is 10.6. The standard InChI is InChI=1S/C26H19Cl2FN2O4/c1-14(2)16-4-3-5-19(12-16)35-26(34)15-6-8-17(9-7-15)30-23-22(28)24(32)31(25(23)33)18-10-11-21(29)20(27)13-18/h3-14,30H,1-2H3. The largest absolute Gasteiger partial charge is 0.423 e. The number of imide groups is 1. The zero-order chi connectivity index (χ0) is 25.3. The maximum Gasteiger partial charge on any atom is 0.343 e. The second-order valence-electron chi connectivity index (χ2n) is 8.05. The molecule has 0 saturated carbocycles. The lowest BCUT2D eigenvalue weighted by molar-refractivity contribution is -0.120. The Bertz CT molecular complexity index is 1370. The van der Waals surface area contributed by atoms with Crippen LogP contribution < -0.4 is 15.0 Å². The number of anilines is 2. The fourth-order valence-corrected chi connectivity index (χ4v) is 3.79. The number of benzene rings is 3. The highest BCUT2D eigenvalue weighted by atomic mass is 35.5. The van der Waals surface area contributed by atoms with Gasteiger partial charge in [0.05, 0.1) is 16.3 Å². The van der Waals surface area contributed by atoms with Crippen molar-refractivity contribution in [3.63, 3.8) is 0 Å².